The second-order valence-corrected chi connectivity index (χ2v) is 5.69. The summed E-state index contributed by atoms with van der Waals surface area (Å²) in [5, 5.41) is 14.4. The quantitative estimate of drug-likeness (QED) is 0.696. The summed E-state index contributed by atoms with van der Waals surface area (Å²) < 4.78 is 5.62. The summed E-state index contributed by atoms with van der Waals surface area (Å²) in [6.45, 7) is 8.34. The van der Waals surface area contributed by atoms with E-state index in [2.05, 4.69) is 40.8 Å². The molecule has 0 saturated carbocycles. The van der Waals surface area contributed by atoms with E-state index >= 15 is 0 Å². The molecule has 0 atom stereocenters. The van der Waals surface area contributed by atoms with Gasteiger partial charge in [-0.25, -0.2) is 9.97 Å². The SMILES string of the molecule is Cc1cnc(C)c(NCc2nnc(CNc3nc(C)cnc3C)o2)n1. The largest absolute Gasteiger partial charge is 0.421 e. The van der Waals surface area contributed by atoms with Crippen molar-refractivity contribution < 1.29 is 4.42 Å². The number of aromatic nitrogens is 6. The predicted molar refractivity (Wildman–Crippen MR) is 92.0 cm³/mol. The summed E-state index contributed by atoms with van der Waals surface area (Å²) in [7, 11) is 0. The number of hydrogen-bond acceptors (Lipinski definition) is 9. The predicted octanol–water partition coefficient (Wildman–Crippen LogP) is 2.11. The molecule has 3 heterocycles. The lowest BCUT2D eigenvalue weighted by molar-refractivity contribution is 0.461. The molecule has 0 fully saturated rings. The van der Waals surface area contributed by atoms with Crippen molar-refractivity contribution in [1.29, 1.82) is 0 Å². The van der Waals surface area contributed by atoms with Gasteiger partial charge < -0.3 is 15.1 Å². The normalized spacial score (nSPS) is 10.7. The van der Waals surface area contributed by atoms with E-state index in [0.29, 0.717) is 36.5 Å². The highest BCUT2D eigenvalue weighted by molar-refractivity contribution is 5.40. The Morgan fingerprint density at radius 1 is 0.760 bits per heavy atom. The molecule has 0 bridgehead atoms. The fourth-order valence-corrected chi connectivity index (χ4v) is 2.16. The molecule has 3 aromatic heterocycles. The zero-order valence-corrected chi connectivity index (χ0v) is 14.7. The topological polar surface area (TPSA) is 115 Å². The van der Waals surface area contributed by atoms with Gasteiger partial charge in [0.05, 0.1) is 35.9 Å². The zero-order valence-electron chi connectivity index (χ0n) is 14.7. The second kappa shape index (κ2) is 7.20. The molecular weight excluding hydrogens is 320 g/mol. The van der Waals surface area contributed by atoms with Crippen molar-refractivity contribution in [2.75, 3.05) is 10.6 Å². The Bertz CT molecular complexity index is 806. The number of aryl methyl sites for hydroxylation is 4. The third-order valence-corrected chi connectivity index (χ3v) is 3.47. The molecule has 2 N–H and O–H groups in total. The van der Waals surface area contributed by atoms with Crippen LogP contribution in [-0.4, -0.2) is 30.1 Å². The molecular formula is C16H20N8O. The lowest BCUT2D eigenvalue weighted by atomic mass is 10.4. The number of nitrogens with zero attached hydrogens (tertiary/aromatic N) is 6. The minimum atomic E-state index is 0.384. The van der Waals surface area contributed by atoms with E-state index in [0.717, 1.165) is 22.8 Å². The maximum absolute atomic E-state index is 5.62. The fraction of sp³-hybridized carbons (Fsp3) is 0.375. The van der Waals surface area contributed by atoms with Gasteiger partial charge in [0.1, 0.15) is 11.6 Å². The van der Waals surface area contributed by atoms with Gasteiger partial charge in [0.25, 0.3) is 0 Å². The molecule has 0 spiro atoms. The van der Waals surface area contributed by atoms with Crippen molar-refractivity contribution in [3.8, 4) is 0 Å². The van der Waals surface area contributed by atoms with Crippen molar-refractivity contribution in [3.63, 3.8) is 0 Å². The molecule has 9 heteroatoms. The lowest BCUT2D eigenvalue weighted by Gasteiger charge is -2.06. The Balaban J connectivity index is 1.59. The van der Waals surface area contributed by atoms with E-state index in [1.165, 1.54) is 0 Å². The standard InChI is InChI=1S/C16H20N8O/c1-9-5-17-11(3)15(21-9)19-7-13-23-24-14(25-13)8-20-16-12(4)18-6-10(2)22-16/h5-6H,7-8H2,1-4H3,(H,19,21)(H,20,22). The smallest absolute Gasteiger partial charge is 0.235 e. The molecule has 9 nitrogen and oxygen atoms in total. The van der Waals surface area contributed by atoms with E-state index in [9.17, 15) is 0 Å². The second-order valence-electron chi connectivity index (χ2n) is 5.69. The van der Waals surface area contributed by atoms with Crippen LogP contribution in [0.25, 0.3) is 0 Å². The lowest BCUT2D eigenvalue weighted by Crippen LogP contribution is -2.06. The summed E-state index contributed by atoms with van der Waals surface area (Å²) in [6.07, 6.45) is 3.46. The summed E-state index contributed by atoms with van der Waals surface area (Å²) in [6, 6.07) is 0. The molecule has 25 heavy (non-hydrogen) atoms. The van der Waals surface area contributed by atoms with Crippen LogP contribution in [0, 0.1) is 27.7 Å². The molecule has 3 aromatic rings. The van der Waals surface area contributed by atoms with Gasteiger partial charge in [0.15, 0.2) is 0 Å². The molecule has 0 unspecified atom stereocenters. The van der Waals surface area contributed by atoms with Crippen molar-refractivity contribution in [3.05, 3.63) is 47.0 Å². The first-order chi connectivity index (χ1) is 12.0. The van der Waals surface area contributed by atoms with E-state index in [1.807, 2.05) is 27.7 Å². The fourth-order valence-electron chi connectivity index (χ4n) is 2.16. The van der Waals surface area contributed by atoms with Gasteiger partial charge in [-0.05, 0) is 27.7 Å². The van der Waals surface area contributed by atoms with E-state index < -0.39 is 0 Å². The van der Waals surface area contributed by atoms with Gasteiger partial charge in [-0.1, -0.05) is 0 Å². The van der Waals surface area contributed by atoms with Gasteiger partial charge in [0.2, 0.25) is 11.8 Å². The highest BCUT2D eigenvalue weighted by Crippen LogP contribution is 2.12. The van der Waals surface area contributed by atoms with Gasteiger partial charge in [-0.2, -0.15) is 0 Å². The van der Waals surface area contributed by atoms with Gasteiger partial charge >= 0.3 is 0 Å². The number of anilines is 2. The Morgan fingerprint density at radius 3 is 1.64 bits per heavy atom. The van der Waals surface area contributed by atoms with Crippen molar-refractivity contribution in [2.45, 2.75) is 40.8 Å². The third-order valence-electron chi connectivity index (χ3n) is 3.47. The first-order valence-electron chi connectivity index (χ1n) is 7.91. The van der Waals surface area contributed by atoms with Crippen LogP contribution in [0.2, 0.25) is 0 Å². The molecule has 0 saturated heterocycles. The average molecular weight is 340 g/mol. The Morgan fingerprint density at radius 2 is 1.20 bits per heavy atom. The monoisotopic (exact) mass is 340 g/mol. The zero-order chi connectivity index (χ0) is 17.8. The van der Waals surface area contributed by atoms with Crippen molar-refractivity contribution >= 4 is 11.6 Å². The summed E-state index contributed by atoms with van der Waals surface area (Å²) in [5.41, 5.74) is 3.33. The summed E-state index contributed by atoms with van der Waals surface area (Å²) in [4.78, 5) is 17.3. The van der Waals surface area contributed by atoms with E-state index in [4.69, 9.17) is 4.42 Å². The van der Waals surface area contributed by atoms with Crippen LogP contribution in [0.3, 0.4) is 0 Å². The Kier molecular flexibility index (Phi) is 4.82. The molecule has 0 aliphatic rings. The van der Waals surface area contributed by atoms with Crippen LogP contribution in [0.4, 0.5) is 11.6 Å². The Hall–Kier alpha value is -3.10. The number of nitrogens with one attached hydrogen (secondary N) is 2. The van der Waals surface area contributed by atoms with Crippen LogP contribution in [0.5, 0.6) is 0 Å². The van der Waals surface area contributed by atoms with E-state index in [1.54, 1.807) is 12.4 Å². The average Bonchev–Trinajstić information content (AvgIpc) is 3.04. The van der Waals surface area contributed by atoms with Gasteiger partial charge in [-0.3, -0.25) is 9.97 Å². The van der Waals surface area contributed by atoms with Crippen molar-refractivity contribution in [1.82, 2.24) is 30.1 Å². The Labute approximate surface area is 145 Å². The third kappa shape index (κ3) is 4.25. The molecule has 130 valence electrons. The first-order valence-corrected chi connectivity index (χ1v) is 7.91. The van der Waals surface area contributed by atoms with Crippen LogP contribution >= 0.6 is 0 Å². The first kappa shape index (κ1) is 16.7. The number of hydrogen-bond donors (Lipinski definition) is 2. The highest BCUT2D eigenvalue weighted by Gasteiger charge is 2.09. The van der Waals surface area contributed by atoms with E-state index in [-0.39, 0.29) is 0 Å². The minimum absolute atomic E-state index is 0.384. The van der Waals surface area contributed by atoms with Crippen LogP contribution < -0.4 is 10.6 Å². The highest BCUT2D eigenvalue weighted by atomic mass is 16.4. The summed E-state index contributed by atoms with van der Waals surface area (Å²) in [5.74, 6) is 2.38. The van der Waals surface area contributed by atoms with Gasteiger partial charge in [-0.15, -0.1) is 10.2 Å². The molecule has 0 aliphatic carbocycles. The number of rotatable bonds is 6. The minimum Gasteiger partial charge on any atom is -0.421 e. The molecule has 0 radical (unpaired) electrons. The van der Waals surface area contributed by atoms with Gasteiger partial charge in [0, 0.05) is 12.4 Å². The maximum atomic E-state index is 5.62. The maximum Gasteiger partial charge on any atom is 0.235 e. The molecule has 3 rings (SSSR count). The summed E-state index contributed by atoms with van der Waals surface area (Å²) >= 11 is 0. The molecule has 0 aliphatic heterocycles. The molecule has 0 aromatic carbocycles. The molecule has 0 amide bonds. The van der Waals surface area contributed by atoms with Crippen LogP contribution in [-0.2, 0) is 13.1 Å². The van der Waals surface area contributed by atoms with Crippen molar-refractivity contribution in [2.24, 2.45) is 0 Å². The van der Waals surface area contributed by atoms with Crippen LogP contribution in [0.1, 0.15) is 34.6 Å². The van der Waals surface area contributed by atoms with Crippen LogP contribution in [0.15, 0.2) is 16.8 Å².